The number of aryl methyl sites for hydroxylation is 1. The lowest BCUT2D eigenvalue weighted by Gasteiger charge is -2.14. The fourth-order valence-electron chi connectivity index (χ4n) is 2.63. The molecule has 0 saturated carbocycles. The summed E-state index contributed by atoms with van der Waals surface area (Å²) in [5.74, 6) is -1.32. The van der Waals surface area contributed by atoms with Crippen LogP contribution in [0.25, 0.3) is 11.4 Å². The largest absolute Gasteiger partial charge is 0.323 e. The predicted octanol–water partition coefficient (Wildman–Crippen LogP) is 4.04. The Kier molecular flexibility index (Phi) is 5.84. The summed E-state index contributed by atoms with van der Waals surface area (Å²) in [5.41, 5.74) is 0.715. The van der Waals surface area contributed by atoms with E-state index in [1.54, 1.807) is 0 Å². The summed E-state index contributed by atoms with van der Waals surface area (Å²) < 4.78 is 27.8. The van der Waals surface area contributed by atoms with Gasteiger partial charge in [0, 0.05) is 17.3 Å². The van der Waals surface area contributed by atoms with Crippen molar-refractivity contribution in [1.29, 1.82) is 0 Å². The van der Waals surface area contributed by atoms with Gasteiger partial charge in [-0.05, 0) is 48.9 Å². The molecule has 8 heteroatoms. The van der Waals surface area contributed by atoms with Crippen LogP contribution in [-0.4, -0.2) is 15.5 Å². The van der Waals surface area contributed by atoms with Gasteiger partial charge in [-0.2, -0.15) is 0 Å². The van der Waals surface area contributed by atoms with Crippen molar-refractivity contribution in [3.63, 3.8) is 0 Å². The molecule has 1 amide bonds. The number of benzene rings is 2. The maximum absolute atomic E-state index is 13.4. The minimum atomic E-state index is -0.580. The number of rotatable bonds is 5. The van der Waals surface area contributed by atoms with Crippen molar-refractivity contribution < 1.29 is 13.6 Å². The fourth-order valence-corrected chi connectivity index (χ4v) is 2.80. The number of halogens is 3. The van der Waals surface area contributed by atoms with Crippen molar-refractivity contribution in [3.8, 4) is 11.4 Å². The minimum Gasteiger partial charge on any atom is -0.323 e. The van der Waals surface area contributed by atoms with Gasteiger partial charge in [-0.15, -0.1) is 0 Å². The number of anilines is 1. The second-order valence-corrected chi connectivity index (χ2v) is 6.44. The topological polar surface area (TPSA) is 64.0 Å². The van der Waals surface area contributed by atoms with Gasteiger partial charge in [0.25, 0.3) is 5.56 Å². The van der Waals surface area contributed by atoms with Crippen LogP contribution in [0.1, 0.15) is 12.6 Å². The molecule has 0 aliphatic rings. The maximum Gasteiger partial charge on any atom is 0.254 e. The monoisotopic (exact) mass is 403 g/mol. The number of amides is 1. The molecule has 0 aliphatic heterocycles. The highest BCUT2D eigenvalue weighted by molar-refractivity contribution is 6.33. The van der Waals surface area contributed by atoms with Crippen LogP contribution < -0.4 is 10.9 Å². The smallest absolute Gasteiger partial charge is 0.254 e. The summed E-state index contributed by atoms with van der Waals surface area (Å²) in [7, 11) is 0. The highest BCUT2D eigenvalue weighted by Crippen LogP contribution is 2.23. The number of hydrogen-bond acceptors (Lipinski definition) is 3. The van der Waals surface area contributed by atoms with Gasteiger partial charge in [0.05, 0.1) is 10.7 Å². The van der Waals surface area contributed by atoms with Crippen LogP contribution in [0.4, 0.5) is 14.5 Å². The minimum absolute atomic E-state index is 0.0983. The average Bonchev–Trinajstić information content (AvgIpc) is 2.67. The summed E-state index contributed by atoms with van der Waals surface area (Å²) in [4.78, 5) is 29.4. The van der Waals surface area contributed by atoms with Crippen LogP contribution in [0.3, 0.4) is 0 Å². The molecule has 144 valence electrons. The van der Waals surface area contributed by atoms with Crippen molar-refractivity contribution in [1.82, 2.24) is 9.55 Å². The molecule has 2 aromatic carbocycles. The van der Waals surface area contributed by atoms with Crippen LogP contribution in [0, 0.1) is 11.6 Å². The van der Waals surface area contributed by atoms with Crippen molar-refractivity contribution >= 4 is 23.2 Å². The van der Waals surface area contributed by atoms with E-state index in [9.17, 15) is 18.4 Å². The van der Waals surface area contributed by atoms with E-state index in [1.165, 1.54) is 47.0 Å². The van der Waals surface area contributed by atoms with E-state index >= 15 is 0 Å². The second-order valence-electron chi connectivity index (χ2n) is 6.03. The van der Waals surface area contributed by atoms with Gasteiger partial charge in [0.15, 0.2) is 0 Å². The Hall–Kier alpha value is -3.06. The molecule has 0 unspecified atom stereocenters. The molecule has 0 radical (unpaired) electrons. The first kappa shape index (κ1) is 19.7. The van der Waals surface area contributed by atoms with Gasteiger partial charge in [0.2, 0.25) is 5.91 Å². The number of hydrogen-bond donors (Lipinski definition) is 1. The van der Waals surface area contributed by atoms with Gasteiger partial charge >= 0.3 is 0 Å². The summed E-state index contributed by atoms with van der Waals surface area (Å²) in [6.07, 6.45) is 0.523. The standard InChI is InChI=1S/C20H16ClF2N3O2/c1-2-15-10-19(28)26(20(24-15)12-3-5-13(22)6-4-12)11-18(27)25-17-9-14(23)7-8-16(17)21/h3-10H,2,11H2,1H3,(H,25,27). The first-order valence-corrected chi connectivity index (χ1v) is 8.86. The summed E-state index contributed by atoms with van der Waals surface area (Å²) >= 11 is 5.96. The quantitative estimate of drug-likeness (QED) is 0.699. The third-order valence-electron chi connectivity index (χ3n) is 4.03. The molecule has 3 rings (SSSR count). The fraction of sp³-hybridized carbons (Fsp3) is 0.150. The Morgan fingerprint density at radius 2 is 1.79 bits per heavy atom. The molecule has 0 spiro atoms. The lowest BCUT2D eigenvalue weighted by atomic mass is 10.2. The molecule has 0 aliphatic carbocycles. The van der Waals surface area contributed by atoms with E-state index in [4.69, 9.17) is 11.6 Å². The highest BCUT2D eigenvalue weighted by Gasteiger charge is 2.15. The molecule has 1 heterocycles. The van der Waals surface area contributed by atoms with Crippen molar-refractivity contribution in [2.24, 2.45) is 0 Å². The molecule has 0 bridgehead atoms. The van der Waals surface area contributed by atoms with Crippen LogP contribution in [0.15, 0.2) is 53.3 Å². The molecule has 5 nitrogen and oxygen atoms in total. The van der Waals surface area contributed by atoms with Crippen LogP contribution in [0.5, 0.6) is 0 Å². The van der Waals surface area contributed by atoms with E-state index in [0.717, 1.165) is 6.07 Å². The first-order valence-electron chi connectivity index (χ1n) is 8.49. The van der Waals surface area contributed by atoms with Gasteiger partial charge in [-0.1, -0.05) is 18.5 Å². The van der Waals surface area contributed by atoms with Crippen LogP contribution in [-0.2, 0) is 17.8 Å². The molecule has 1 aromatic heterocycles. The molecule has 0 saturated heterocycles. The Morgan fingerprint density at radius 1 is 1.11 bits per heavy atom. The van der Waals surface area contributed by atoms with Gasteiger partial charge in [-0.25, -0.2) is 13.8 Å². The van der Waals surface area contributed by atoms with Crippen molar-refractivity contribution in [3.05, 3.63) is 81.2 Å². The van der Waals surface area contributed by atoms with Gasteiger partial charge in [0.1, 0.15) is 24.0 Å². The van der Waals surface area contributed by atoms with Crippen molar-refractivity contribution in [2.45, 2.75) is 19.9 Å². The Bertz CT molecular complexity index is 1080. The molecule has 28 heavy (non-hydrogen) atoms. The molecular formula is C20H16ClF2N3O2. The van der Waals surface area contributed by atoms with Gasteiger partial charge in [-0.3, -0.25) is 14.2 Å². The molecule has 1 N–H and O–H groups in total. The number of nitrogens with zero attached hydrogens (tertiary/aromatic N) is 2. The van der Waals surface area contributed by atoms with E-state index in [0.29, 0.717) is 17.7 Å². The van der Waals surface area contributed by atoms with E-state index in [1.807, 2.05) is 6.92 Å². The van der Waals surface area contributed by atoms with E-state index < -0.39 is 23.1 Å². The molecule has 3 aromatic rings. The number of carbonyl (C=O) groups excluding carboxylic acids is 1. The Labute approximate surface area is 164 Å². The van der Waals surface area contributed by atoms with Crippen LogP contribution >= 0.6 is 11.6 Å². The average molecular weight is 404 g/mol. The third kappa shape index (κ3) is 4.43. The second kappa shape index (κ2) is 8.31. The zero-order chi connectivity index (χ0) is 20.3. The van der Waals surface area contributed by atoms with Gasteiger partial charge < -0.3 is 5.32 Å². The summed E-state index contributed by atoms with van der Waals surface area (Å²) in [5, 5.41) is 2.65. The molecule has 0 atom stereocenters. The van der Waals surface area contributed by atoms with Crippen LogP contribution in [0.2, 0.25) is 5.02 Å². The lowest BCUT2D eigenvalue weighted by Crippen LogP contribution is -2.30. The SMILES string of the molecule is CCc1cc(=O)n(CC(=O)Nc2cc(F)ccc2Cl)c(-c2ccc(F)cc2)n1. The first-order chi connectivity index (χ1) is 13.4. The number of carbonyl (C=O) groups is 1. The lowest BCUT2D eigenvalue weighted by molar-refractivity contribution is -0.116. The Morgan fingerprint density at radius 3 is 2.46 bits per heavy atom. The Balaban J connectivity index is 1.96. The van der Waals surface area contributed by atoms with E-state index in [-0.39, 0.29) is 23.1 Å². The number of nitrogens with one attached hydrogen (secondary N) is 1. The van der Waals surface area contributed by atoms with Crippen molar-refractivity contribution in [2.75, 3.05) is 5.32 Å². The molecule has 0 fully saturated rings. The number of aromatic nitrogens is 2. The zero-order valence-electron chi connectivity index (χ0n) is 14.9. The normalized spacial score (nSPS) is 10.7. The third-order valence-corrected chi connectivity index (χ3v) is 4.36. The van der Waals surface area contributed by atoms with E-state index in [2.05, 4.69) is 10.3 Å². The predicted molar refractivity (Wildman–Crippen MR) is 103 cm³/mol. The zero-order valence-corrected chi connectivity index (χ0v) is 15.6. The summed E-state index contributed by atoms with van der Waals surface area (Å²) in [6, 6.07) is 10.4. The molecular weight excluding hydrogens is 388 g/mol. The summed E-state index contributed by atoms with van der Waals surface area (Å²) in [6.45, 7) is 1.48. The highest BCUT2D eigenvalue weighted by atomic mass is 35.5. The maximum atomic E-state index is 13.4.